The minimum atomic E-state index is -3.13. The molecule has 0 saturated carbocycles. The van der Waals surface area contributed by atoms with E-state index < -0.39 is 9.84 Å². The van der Waals surface area contributed by atoms with Crippen molar-refractivity contribution in [2.24, 2.45) is 0 Å². The number of benzene rings is 1. The molecule has 0 unspecified atom stereocenters. The predicted molar refractivity (Wildman–Crippen MR) is 77.4 cm³/mol. The fraction of sp³-hybridized carbons (Fsp3) is 0.500. The molecule has 6 heteroatoms. The molecule has 1 aromatic carbocycles. The summed E-state index contributed by atoms with van der Waals surface area (Å²) in [5.41, 5.74) is 0.999. The van der Waals surface area contributed by atoms with E-state index in [9.17, 15) is 8.42 Å². The summed E-state index contributed by atoms with van der Waals surface area (Å²) >= 11 is 3.41. The molecule has 0 N–H and O–H groups in total. The predicted octanol–water partition coefficient (Wildman–Crippen LogP) is 1.94. The number of nitrogens with zero attached hydrogens (tertiary/aromatic N) is 1. The summed E-state index contributed by atoms with van der Waals surface area (Å²) in [5, 5.41) is 0.852. The van der Waals surface area contributed by atoms with Gasteiger partial charge < -0.3 is 9.64 Å². The Labute approximate surface area is 117 Å². The number of anilines is 1. The van der Waals surface area contributed by atoms with Gasteiger partial charge in [-0.1, -0.05) is 15.9 Å². The molecule has 0 heterocycles. The first-order valence-corrected chi connectivity index (χ1v) is 8.60. The zero-order valence-electron chi connectivity index (χ0n) is 10.6. The van der Waals surface area contributed by atoms with E-state index in [-0.39, 0.29) is 0 Å². The van der Waals surface area contributed by atoms with Gasteiger partial charge in [-0.2, -0.15) is 0 Å². The summed E-state index contributed by atoms with van der Waals surface area (Å²) in [7, 11) is -1.46. The van der Waals surface area contributed by atoms with Gasteiger partial charge >= 0.3 is 0 Å². The maximum absolute atomic E-state index is 11.4. The number of hydrogen-bond donors (Lipinski definition) is 0. The summed E-state index contributed by atoms with van der Waals surface area (Å²) in [6.07, 6.45) is 1.21. The molecule has 0 saturated heterocycles. The van der Waals surface area contributed by atoms with Gasteiger partial charge in [-0.15, -0.1) is 0 Å². The molecule has 0 bridgehead atoms. The summed E-state index contributed by atoms with van der Waals surface area (Å²) in [4.78, 5) is 2.49. The Hall–Kier alpha value is -0.590. The number of methoxy groups -OCH3 is 1. The maximum Gasteiger partial charge on any atom is 0.175 e. The molecule has 0 atom stereocenters. The Kier molecular flexibility index (Phi) is 6.11. The molecule has 102 valence electrons. The van der Waals surface area contributed by atoms with Crippen molar-refractivity contribution in [3.8, 4) is 0 Å². The van der Waals surface area contributed by atoms with Crippen LogP contribution in [0.1, 0.15) is 0 Å². The van der Waals surface area contributed by atoms with Crippen LogP contribution in [0.2, 0.25) is 0 Å². The van der Waals surface area contributed by atoms with E-state index in [0.29, 0.717) is 11.5 Å². The molecule has 0 aromatic heterocycles. The van der Waals surface area contributed by atoms with E-state index in [1.54, 1.807) is 19.2 Å². The van der Waals surface area contributed by atoms with Crippen LogP contribution in [0.5, 0.6) is 0 Å². The van der Waals surface area contributed by atoms with Crippen LogP contribution < -0.4 is 4.90 Å². The fourth-order valence-electron chi connectivity index (χ4n) is 1.58. The van der Waals surface area contributed by atoms with Gasteiger partial charge in [0.1, 0.15) is 0 Å². The second-order valence-corrected chi connectivity index (χ2v) is 6.74. The van der Waals surface area contributed by atoms with E-state index in [4.69, 9.17) is 4.74 Å². The smallest absolute Gasteiger partial charge is 0.175 e. The number of halogens is 1. The highest BCUT2D eigenvalue weighted by molar-refractivity contribution is 9.09. The maximum atomic E-state index is 11.4. The summed E-state index contributed by atoms with van der Waals surface area (Å²) in [6, 6.07) is 6.93. The van der Waals surface area contributed by atoms with Crippen LogP contribution in [0.15, 0.2) is 29.2 Å². The normalized spacial score (nSPS) is 11.5. The zero-order chi connectivity index (χ0) is 13.6. The molecule has 0 fully saturated rings. The monoisotopic (exact) mass is 335 g/mol. The fourth-order valence-corrected chi connectivity index (χ4v) is 2.64. The second-order valence-electron chi connectivity index (χ2n) is 3.93. The van der Waals surface area contributed by atoms with Crippen molar-refractivity contribution < 1.29 is 13.2 Å². The van der Waals surface area contributed by atoms with Crippen LogP contribution in [-0.4, -0.2) is 46.8 Å². The van der Waals surface area contributed by atoms with Gasteiger partial charge in [-0.25, -0.2) is 8.42 Å². The summed E-state index contributed by atoms with van der Waals surface area (Å²) in [5.74, 6) is 0. The SMILES string of the molecule is COCCN(CCBr)c1ccc(S(C)(=O)=O)cc1. The Balaban J connectivity index is 2.86. The first-order valence-electron chi connectivity index (χ1n) is 5.59. The lowest BCUT2D eigenvalue weighted by molar-refractivity contribution is 0.205. The van der Waals surface area contributed by atoms with Gasteiger partial charge in [0.05, 0.1) is 11.5 Å². The lowest BCUT2D eigenvalue weighted by Crippen LogP contribution is -2.29. The third kappa shape index (κ3) is 4.59. The van der Waals surface area contributed by atoms with Gasteiger partial charge in [-0.05, 0) is 24.3 Å². The average Bonchev–Trinajstić information content (AvgIpc) is 2.33. The van der Waals surface area contributed by atoms with E-state index in [1.807, 2.05) is 12.1 Å². The first kappa shape index (κ1) is 15.5. The van der Waals surface area contributed by atoms with Crippen molar-refractivity contribution in [2.75, 3.05) is 43.3 Å². The molecular weight excluding hydrogens is 318 g/mol. The van der Waals surface area contributed by atoms with Gasteiger partial charge in [-0.3, -0.25) is 0 Å². The lowest BCUT2D eigenvalue weighted by atomic mass is 10.3. The second kappa shape index (κ2) is 7.11. The third-order valence-corrected chi connectivity index (χ3v) is 4.03. The van der Waals surface area contributed by atoms with Gasteiger partial charge in [0, 0.05) is 37.5 Å². The highest BCUT2D eigenvalue weighted by Gasteiger charge is 2.09. The van der Waals surface area contributed by atoms with Gasteiger partial charge in [0.2, 0.25) is 0 Å². The van der Waals surface area contributed by atoms with E-state index >= 15 is 0 Å². The summed E-state index contributed by atoms with van der Waals surface area (Å²) in [6.45, 7) is 2.27. The van der Waals surface area contributed by atoms with Gasteiger partial charge in [0.15, 0.2) is 9.84 Å². The number of rotatable bonds is 7. The molecule has 0 spiro atoms. The van der Waals surface area contributed by atoms with Crippen molar-refractivity contribution in [3.63, 3.8) is 0 Å². The zero-order valence-corrected chi connectivity index (χ0v) is 13.0. The molecule has 0 aliphatic carbocycles. The molecule has 4 nitrogen and oxygen atoms in total. The van der Waals surface area contributed by atoms with Crippen LogP contribution in [0, 0.1) is 0 Å². The van der Waals surface area contributed by atoms with E-state index in [0.717, 1.165) is 24.1 Å². The quantitative estimate of drug-likeness (QED) is 0.714. The third-order valence-electron chi connectivity index (χ3n) is 2.55. The van der Waals surface area contributed by atoms with Crippen molar-refractivity contribution in [1.29, 1.82) is 0 Å². The van der Waals surface area contributed by atoms with E-state index in [2.05, 4.69) is 20.8 Å². The molecule has 1 aromatic rings. The molecule has 0 aliphatic rings. The number of alkyl halides is 1. The van der Waals surface area contributed by atoms with Crippen molar-refractivity contribution in [2.45, 2.75) is 4.90 Å². The standard InChI is InChI=1S/C12H18BrNO3S/c1-17-10-9-14(8-7-13)11-3-5-12(6-4-11)18(2,15)16/h3-6H,7-10H2,1-2H3. The lowest BCUT2D eigenvalue weighted by Gasteiger charge is -2.23. The molecule has 0 aliphatic heterocycles. The molecular formula is C12H18BrNO3S. The average molecular weight is 336 g/mol. The van der Waals surface area contributed by atoms with Crippen LogP contribution in [0.25, 0.3) is 0 Å². The Bertz CT molecular complexity index is 459. The molecule has 1 rings (SSSR count). The minimum absolute atomic E-state index is 0.344. The summed E-state index contributed by atoms with van der Waals surface area (Å²) < 4.78 is 27.8. The van der Waals surface area contributed by atoms with Gasteiger partial charge in [0.25, 0.3) is 0 Å². The molecule has 0 amide bonds. The Morgan fingerprint density at radius 1 is 1.22 bits per heavy atom. The van der Waals surface area contributed by atoms with Crippen LogP contribution in [0.4, 0.5) is 5.69 Å². The van der Waals surface area contributed by atoms with Crippen molar-refractivity contribution >= 4 is 31.5 Å². The molecule has 0 radical (unpaired) electrons. The van der Waals surface area contributed by atoms with Crippen molar-refractivity contribution in [1.82, 2.24) is 0 Å². The highest BCUT2D eigenvalue weighted by Crippen LogP contribution is 2.18. The van der Waals surface area contributed by atoms with Crippen LogP contribution >= 0.6 is 15.9 Å². The van der Waals surface area contributed by atoms with Crippen LogP contribution in [0.3, 0.4) is 0 Å². The Morgan fingerprint density at radius 2 is 1.83 bits per heavy atom. The van der Waals surface area contributed by atoms with Crippen LogP contribution in [-0.2, 0) is 14.6 Å². The molecule has 18 heavy (non-hydrogen) atoms. The van der Waals surface area contributed by atoms with Crippen molar-refractivity contribution in [3.05, 3.63) is 24.3 Å². The first-order chi connectivity index (χ1) is 8.49. The van der Waals surface area contributed by atoms with E-state index in [1.165, 1.54) is 6.26 Å². The number of hydrogen-bond acceptors (Lipinski definition) is 4. The number of sulfone groups is 1. The highest BCUT2D eigenvalue weighted by atomic mass is 79.9. The minimum Gasteiger partial charge on any atom is -0.383 e. The number of ether oxygens (including phenoxy) is 1. The topological polar surface area (TPSA) is 46.6 Å². The largest absolute Gasteiger partial charge is 0.383 e. The Morgan fingerprint density at radius 3 is 2.28 bits per heavy atom.